The van der Waals surface area contributed by atoms with Crippen LogP contribution in [0.1, 0.15) is 38.8 Å². The van der Waals surface area contributed by atoms with Crippen LogP contribution in [0.3, 0.4) is 0 Å². The van der Waals surface area contributed by atoms with Crippen molar-refractivity contribution in [2.75, 3.05) is 26.7 Å². The Balaban J connectivity index is 2.43. The zero-order chi connectivity index (χ0) is 15.0. The molecule has 0 aliphatic rings. The summed E-state index contributed by atoms with van der Waals surface area (Å²) in [4.78, 5) is 13.7. The van der Waals surface area contributed by atoms with Crippen molar-refractivity contribution in [1.29, 1.82) is 0 Å². The molecule has 0 aliphatic carbocycles. The van der Waals surface area contributed by atoms with Gasteiger partial charge in [-0.15, -0.1) is 0 Å². The highest BCUT2D eigenvalue weighted by molar-refractivity contribution is 5.76. The number of amides is 1. The second kappa shape index (κ2) is 8.59. The van der Waals surface area contributed by atoms with Crippen LogP contribution in [-0.4, -0.2) is 37.6 Å². The SMILES string of the molecule is CCN(CC)C(=O)CCNC(C)c1cccc(OC)c1. The van der Waals surface area contributed by atoms with Gasteiger partial charge in [0, 0.05) is 32.1 Å². The summed E-state index contributed by atoms with van der Waals surface area (Å²) in [5.74, 6) is 1.07. The number of carbonyl (C=O) groups excluding carboxylic acids is 1. The fourth-order valence-corrected chi connectivity index (χ4v) is 2.16. The van der Waals surface area contributed by atoms with E-state index in [1.165, 1.54) is 5.56 Å². The summed E-state index contributed by atoms with van der Waals surface area (Å²) in [6, 6.07) is 8.19. The topological polar surface area (TPSA) is 41.6 Å². The summed E-state index contributed by atoms with van der Waals surface area (Å²) >= 11 is 0. The number of hydrogen-bond acceptors (Lipinski definition) is 3. The fourth-order valence-electron chi connectivity index (χ4n) is 2.16. The van der Waals surface area contributed by atoms with Crippen molar-refractivity contribution in [2.45, 2.75) is 33.2 Å². The molecule has 1 aromatic rings. The molecule has 1 N–H and O–H groups in total. The van der Waals surface area contributed by atoms with Gasteiger partial charge >= 0.3 is 0 Å². The van der Waals surface area contributed by atoms with Gasteiger partial charge in [0.05, 0.1) is 7.11 Å². The Labute approximate surface area is 122 Å². The molecule has 0 radical (unpaired) electrons. The van der Waals surface area contributed by atoms with Crippen molar-refractivity contribution < 1.29 is 9.53 Å². The van der Waals surface area contributed by atoms with Crippen LogP contribution in [0, 0.1) is 0 Å². The minimum Gasteiger partial charge on any atom is -0.497 e. The summed E-state index contributed by atoms with van der Waals surface area (Å²) in [6.45, 7) is 8.35. The maximum Gasteiger partial charge on any atom is 0.223 e. The minimum atomic E-state index is 0.203. The third kappa shape index (κ3) is 4.85. The number of carbonyl (C=O) groups is 1. The lowest BCUT2D eigenvalue weighted by molar-refractivity contribution is -0.130. The molecule has 0 heterocycles. The van der Waals surface area contributed by atoms with E-state index in [4.69, 9.17) is 4.74 Å². The van der Waals surface area contributed by atoms with Crippen LogP contribution in [0.2, 0.25) is 0 Å². The molecule has 1 atom stereocenters. The monoisotopic (exact) mass is 278 g/mol. The van der Waals surface area contributed by atoms with Gasteiger partial charge in [-0.25, -0.2) is 0 Å². The van der Waals surface area contributed by atoms with Crippen molar-refractivity contribution >= 4 is 5.91 Å². The standard InChI is InChI=1S/C16H26N2O2/c1-5-18(6-2)16(19)10-11-17-13(3)14-8-7-9-15(12-14)20-4/h7-9,12-13,17H,5-6,10-11H2,1-4H3. The van der Waals surface area contributed by atoms with E-state index in [9.17, 15) is 4.79 Å². The van der Waals surface area contributed by atoms with E-state index in [1.807, 2.05) is 36.9 Å². The van der Waals surface area contributed by atoms with Crippen molar-refractivity contribution in [3.63, 3.8) is 0 Å². The van der Waals surface area contributed by atoms with Crippen LogP contribution in [0.5, 0.6) is 5.75 Å². The first-order valence-corrected chi connectivity index (χ1v) is 7.27. The number of nitrogens with one attached hydrogen (secondary N) is 1. The first kappa shape index (κ1) is 16.5. The molecule has 0 saturated heterocycles. The molecule has 0 aromatic heterocycles. The lowest BCUT2D eigenvalue weighted by Gasteiger charge is -2.20. The van der Waals surface area contributed by atoms with Gasteiger partial charge in [0.1, 0.15) is 5.75 Å². The molecule has 1 rings (SSSR count). The van der Waals surface area contributed by atoms with E-state index in [1.54, 1.807) is 7.11 Å². The number of benzene rings is 1. The van der Waals surface area contributed by atoms with Crippen molar-refractivity contribution in [1.82, 2.24) is 10.2 Å². The number of ether oxygens (including phenoxy) is 1. The Morgan fingerprint density at radius 3 is 2.65 bits per heavy atom. The van der Waals surface area contributed by atoms with Gasteiger partial charge < -0.3 is 15.0 Å². The highest BCUT2D eigenvalue weighted by atomic mass is 16.5. The molecular formula is C16H26N2O2. The van der Waals surface area contributed by atoms with Gasteiger partial charge in [-0.05, 0) is 38.5 Å². The van der Waals surface area contributed by atoms with Crippen LogP contribution in [0.4, 0.5) is 0 Å². The number of hydrogen-bond donors (Lipinski definition) is 1. The van der Waals surface area contributed by atoms with Crippen molar-refractivity contribution in [2.24, 2.45) is 0 Å². The maximum atomic E-state index is 11.9. The van der Waals surface area contributed by atoms with Crippen molar-refractivity contribution in [3.05, 3.63) is 29.8 Å². The first-order chi connectivity index (χ1) is 9.62. The predicted octanol–water partition coefficient (Wildman–Crippen LogP) is 2.60. The summed E-state index contributed by atoms with van der Waals surface area (Å²) in [7, 11) is 1.67. The van der Waals surface area contributed by atoms with Crippen LogP contribution in [-0.2, 0) is 4.79 Å². The molecule has 20 heavy (non-hydrogen) atoms. The molecule has 0 spiro atoms. The smallest absolute Gasteiger partial charge is 0.223 e. The average Bonchev–Trinajstić information content (AvgIpc) is 2.48. The summed E-state index contributed by atoms with van der Waals surface area (Å²) in [6.07, 6.45) is 0.538. The molecule has 0 fully saturated rings. The highest BCUT2D eigenvalue weighted by Crippen LogP contribution is 2.18. The second-order valence-electron chi connectivity index (χ2n) is 4.77. The lowest BCUT2D eigenvalue weighted by atomic mass is 10.1. The van der Waals surface area contributed by atoms with E-state index in [2.05, 4.69) is 18.3 Å². The Bertz CT molecular complexity index is 417. The van der Waals surface area contributed by atoms with E-state index < -0.39 is 0 Å². The van der Waals surface area contributed by atoms with Crippen LogP contribution < -0.4 is 10.1 Å². The molecule has 1 amide bonds. The quantitative estimate of drug-likeness (QED) is 0.794. The van der Waals surface area contributed by atoms with Crippen LogP contribution in [0.25, 0.3) is 0 Å². The summed E-state index contributed by atoms with van der Waals surface area (Å²) in [5, 5.41) is 3.38. The first-order valence-electron chi connectivity index (χ1n) is 7.27. The number of methoxy groups -OCH3 is 1. The Hall–Kier alpha value is -1.55. The Kier molecular flexibility index (Phi) is 7.09. The largest absolute Gasteiger partial charge is 0.497 e. The second-order valence-corrected chi connectivity index (χ2v) is 4.77. The van der Waals surface area contributed by atoms with E-state index >= 15 is 0 Å². The molecule has 1 aromatic carbocycles. The third-order valence-corrected chi connectivity index (χ3v) is 3.50. The molecular weight excluding hydrogens is 252 g/mol. The van der Waals surface area contributed by atoms with Gasteiger partial charge in [-0.3, -0.25) is 4.79 Å². The average molecular weight is 278 g/mol. The molecule has 4 heteroatoms. The van der Waals surface area contributed by atoms with Gasteiger partial charge in [0.2, 0.25) is 5.91 Å². The van der Waals surface area contributed by atoms with Gasteiger partial charge in [0.25, 0.3) is 0 Å². The zero-order valence-electron chi connectivity index (χ0n) is 13.0. The molecule has 0 aliphatic heterocycles. The van der Waals surface area contributed by atoms with E-state index in [-0.39, 0.29) is 11.9 Å². The molecule has 0 bridgehead atoms. The van der Waals surface area contributed by atoms with E-state index in [0.29, 0.717) is 13.0 Å². The van der Waals surface area contributed by atoms with Crippen LogP contribution in [0.15, 0.2) is 24.3 Å². The maximum absolute atomic E-state index is 11.9. The van der Waals surface area contributed by atoms with Crippen molar-refractivity contribution in [3.8, 4) is 5.75 Å². The minimum absolute atomic E-state index is 0.203. The predicted molar refractivity (Wildman–Crippen MR) is 82.0 cm³/mol. The zero-order valence-corrected chi connectivity index (χ0v) is 13.0. The van der Waals surface area contributed by atoms with E-state index in [0.717, 1.165) is 18.8 Å². The van der Waals surface area contributed by atoms with Gasteiger partial charge in [-0.2, -0.15) is 0 Å². The molecule has 0 saturated carbocycles. The van der Waals surface area contributed by atoms with Crippen LogP contribution >= 0.6 is 0 Å². The highest BCUT2D eigenvalue weighted by Gasteiger charge is 2.10. The normalized spacial score (nSPS) is 12.0. The summed E-state index contributed by atoms with van der Waals surface area (Å²) < 4.78 is 5.22. The summed E-state index contributed by atoms with van der Waals surface area (Å²) in [5.41, 5.74) is 1.17. The molecule has 1 unspecified atom stereocenters. The Morgan fingerprint density at radius 2 is 2.05 bits per heavy atom. The van der Waals surface area contributed by atoms with Gasteiger partial charge in [-0.1, -0.05) is 12.1 Å². The Morgan fingerprint density at radius 1 is 1.35 bits per heavy atom. The molecule has 4 nitrogen and oxygen atoms in total. The molecule has 112 valence electrons. The number of rotatable bonds is 8. The third-order valence-electron chi connectivity index (χ3n) is 3.50. The van der Waals surface area contributed by atoms with Gasteiger partial charge in [0.15, 0.2) is 0 Å². The number of nitrogens with zero attached hydrogens (tertiary/aromatic N) is 1. The fraction of sp³-hybridized carbons (Fsp3) is 0.562. The lowest BCUT2D eigenvalue weighted by Crippen LogP contribution is -2.33.